The molecule has 1 aliphatic heterocycles. The van der Waals surface area contributed by atoms with Crippen molar-refractivity contribution >= 4 is 42.5 Å². The number of fused-ring (bicyclic) bond motifs is 1. The van der Waals surface area contributed by atoms with Crippen molar-refractivity contribution in [3.63, 3.8) is 0 Å². The highest BCUT2D eigenvalue weighted by Crippen LogP contribution is 2.34. The van der Waals surface area contributed by atoms with E-state index in [9.17, 15) is 8.42 Å². The summed E-state index contributed by atoms with van der Waals surface area (Å²) in [5.41, 5.74) is 5.88. The number of pyridine rings is 1. The summed E-state index contributed by atoms with van der Waals surface area (Å²) in [5.74, 6) is 0.324. The zero-order chi connectivity index (χ0) is 15.9. The molecule has 1 saturated heterocycles. The SMILES string of the molecule is CN[C@H]1CCN(S(=O)(=O)c2cccc3c(N)ncc(Br)c23)C1. The number of aromatic nitrogens is 1. The van der Waals surface area contributed by atoms with Crippen molar-refractivity contribution in [2.75, 3.05) is 25.9 Å². The van der Waals surface area contributed by atoms with Crippen LogP contribution in [0.5, 0.6) is 0 Å². The van der Waals surface area contributed by atoms with Gasteiger partial charge in [0.2, 0.25) is 10.0 Å². The molecule has 1 aromatic heterocycles. The van der Waals surface area contributed by atoms with Gasteiger partial charge in [0, 0.05) is 40.6 Å². The molecule has 2 heterocycles. The normalized spacial score (nSPS) is 19.8. The molecule has 22 heavy (non-hydrogen) atoms. The first-order valence-electron chi connectivity index (χ1n) is 6.95. The molecule has 8 heteroatoms. The van der Waals surface area contributed by atoms with Crippen LogP contribution in [-0.4, -0.2) is 43.9 Å². The van der Waals surface area contributed by atoms with Crippen molar-refractivity contribution < 1.29 is 8.42 Å². The number of rotatable bonds is 3. The maximum absolute atomic E-state index is 13.0. The molecule has 0 aliphatic carbocycles. The first-order chi connectivity index (χ1) is 10.4. The van der Waals surface area contributed by atoms with Crippen molar-refractivity contribution in [1.29, 1.82) is 0 Å². The van der Waals surface area contributed by atoms with Crippen LogP contribution in [0.2, 0.25) is 0 Å². The smallest absolute Gasteiger partial charge is 0.243 e. The van der Waals surface area contributed by atoms with Gasteiger partial charge in [-0.1, -0.05) is 12.1 Å². The highest BCUT2D eigenvalue weighted by Gasteiger charge is 2.33. The number of anilines is 1. The number of nitrogens with one attached hydrogen (secondary N) is 1. The second kappa shape index (κ2) is 5.77. The predicted molar refractivity (Wildman–Crippen MR) is 90.1 cm³/mol. The number of nitrogens with zero attached hydrogens (tertiary/aromatic N) is 2. The maximum atomic E-state index is 13.0. The Balaban J connectivity index is 2.16. The van der Waals surface area contributed by atoms with E-state index in [-0.39, 0.29) is 10.9 Å². The topological polar surface area (TPSA) is 88.3 Å². The number of likely N-dealkylation sites (N-methyl/N-ethyl adjacent to an activating group) is 1. The van der Waals surface area contributed by atoms with Gasteiger partial charge in [0.1, 0.15) is 5.82 Å². The monoisotopic (exact) mass is 384 g/mol. The molecule has 6 nitrogen and oxygen atoms in total. The van der Waals surface area contributed by atoms with Gasteiger partial charge in [-0.15, -0.1) is 0 Å². The molecule has 1 fully saturated rings. The summed E-state index contributed by atoms with van der Waals surface area (Å²) in [5, 5.41) is 4.35. The van der Waals surface area contributed by atoms with Gasteiger partial charge in [-0.25, -0.2) is 13.4 Å². The van der Waals surface area contributed by atoms with E-state index in [1.165, 1.54) is 10.5 Å². The number of benzene rings is 1. The summed E-state index contributed by atoms with van der Waals surface area (Å²) in [6, 6.07) is 5.29. The molecule has 3 rings (SSSR count). The van der Waals surface area contributed by atoms with Crippen LogP contribution in [0.15, 0.2) is 33.8 Å². The van der Waals surface area contributed by atoms with E-state index in [4.69, 9.17) is 5.73 Å². The van der Waals surface area contributed by atoms with Gasteiger partial charge in [0.05, 0.1) is 4.90 Å². The van der Waals surface area contributed by atoms with Crippen LogP contribution in [-0.2, 0) is 10.0 Å². The highest BCUT2D eigenvalue weighted by atomic mass is 79.9. The van der Waals surface area contributed by atoms with Gasteiger partial charge in [-0.2, -0.15) is 4.31 Å². The maximum Gasteiger partial charge on any atom is 0.243 e. The third kappa shape index (κ3) is 2.50. The number of halogens is 1. The summed E-state index contributed by atoms with van der Waals surface area (Å²) in [6.45, 7) is 0.996. The van der Waals surface area contributed by atoms with Gasteiger partial charge in [-0.05, 0) is 35.5 Å². The van der Waals surface area contributed by atoms with E-state index in [2.05, 4.69) is 26.2 Å². The van der Waals surface area contributed by atoms with E-state index in [0.717, 1.165) is 6.42 Å². The minimum Gasteiger partial charge on any atom is -0.383 e. The van der Waals surface area contributed by atoms with Crippen LogP contribution >= 0.6 is 15.9 Å². The summed E-state index contributed by atoms with van der Waals surface area (Å²) >= 11 is 3.40. The largest absolute Gasteiger partial charge is 0.383 e. The molecule has 118 valence electrons. The second-order valence-corrected chi connectivity index (χ2v) is 8.07. The van der Waals surface area contributed by atoms with E-state index >= 15 is 0 Å². The lowest BCUT2D eigenvalue weighted by molar-refractivity contribution is 0.465. The lowest BCUT2D eigenvalue weighted by atomic mass is 10.1. The summed E-state index contributed by atoms with van der Waals surface area (Å²) in [6.07, 6.45) is 2.35. The fraction of sp³-hybridized carbons (Fsp3) is 0.357. The Hall–Kier alpha value is -1.22. The minimum absolute atomic E-state index is 0.194. The molecule has 0 bridgehead atoms. The Morgan fingerprint density at radius 3 is 2.91 bits per heavy atom. The summed E-state index contributed by atoms with van der Waals surface area (Å²) in [7, 11) is -1.72. The number of sulfonamides is 1. The van der Waals surface area contributed by atoms with Crippen LogP contribution in [0.4, 0.5) is 5.82 Å². The van der Waals surface area contributed by atoms with Gasteiger partial charge >= 0.3 is 0 Å². The highest BCUT2D eigenvalue weighted by molar-refractivity contribution is 9.10. The number of nitrogen functional groups attached to an aromatic ring is 1. The van der Waals surface area contributed by atoms with Gasteiger partial charge in [-0.3, -0.25) is 0 Å². The third-order valence-electron chi connectivity index (χ3n) is 4.04. The van der Waals surface area contributed by atoms with Crippen molar-refractivity contribution in [2.45, 2.75) is 17.4 Å². The quantitative estimate of drug-likeness (QED) is 0.837. The Bertz CT molecular complexity index is 825. The Labute approximate surface area is 137 Å². The van der Waals surface area contributed by atoms with Crippen LogP contribution in [0.3, 0.4) is 0 Å². The number of hydrogen-bond donors (Lipinski definition) is 2. The molecule has 1 aromatic carbocycles. The zero-order valence-corrected chi connectivity index (χ0v) is 14.5. The molecule has 0 amide bonds. The molecule has 3 N–H and O–H groups in total. The average Bonchev–Trinajstić information content (AvgIpc) is 3.00. The number of hydrogen-bond acceptors (Lipinski definition) is 5. The molecule has 1 atom stereocenters. The molecule has 0 unspecified atom stereocenters. The Kier molecular flexibility index (Phi) is 4.11. The molecule has 0 saturated carbocycles. The third-order valence-corrected chi connectivity index (χ3v) is 6.54. The molecule has 2 aromatic rings. The van der Waals surface area contributed by atoms with E-state index in [1.807, 2.05) is 7.05 Å². The fourth-order valence-electron chi connectivity index (χ4n) is 2.79. The molecule has 0 spiro atoms. The summed E-state index contributed by atoms with van der Waals surface area (Å²) in [4.78, 5) is 4.33. The van der Waals surface area contributed by atoms with Gasteiger partial charge < -0.3 is 11.1 Å². The molecule has 0 radical (unpaired) electrons. The van der Waals surface area contributed by atoms with Crippen molar-refractivity contribution in [2.24, 2.45) is 0 Å². The minimum atomic E-state index is -3.57. The lowest BCUT2D eigenvalue weighted by Crippen LogP contribution is -2.33. The van der Waals surface area contributed by atoms with Crippen LogP contribution in [0, 0.1) is 0 Å². The first kappa shape index (κ1) is 15.7. The zero-order valence-electron chi connectivity index (χ0n) is 12.1. The Morgan fingerprint density at radius 2 is 2.23 bits per heavy atom. The van der Waals surface area contributed by atoms with Crippen molar-refractivity contribution in [3.8, 4) is 0 Å². The molecular weight excluding hydrogens is 368 g/mol. The molecule has 1 aliphatic rings. The average molecular weight is 385 g/mol. The first-order valence-corrected chi connectivity index (χ1v) is 9.18. The van der Waals surface area contributed by atoms with Crippen molar-refractivity contribution in [3.05, 3.63) is 28.9 Å². The van der Waals surface area contributed by atoms with Crippen LogP contribution in [0.1, 0.15) is 6.42 Å². The summed E-state index contributed by atoms with van der Waals surface area (Å²) < 4.78 is 28.1. The fourth-order valence-corrected chi connectivity index (χ4v) is 5.18. The van der Waals surface area contributed by atoms with Crippen molar-refractivity contribution in [1.82, 2.24) is 14.6 Å². The molecular formula is C14H17BrN4O2S. The standard InChI is InChI=1S/C14H17BrN4O2S/c1-17-9-5-6-19(8-9)22(20,21)12-4-2-3-10-13(12)11(15)7-18-14(10)16/h2-4,7,9,17H,5-6,8H2,1H3,(H2,16,18)/t9-/m0/s1. The van der Waals surface area contributed by atoms with E-state index in [1.54, 1.807) is 18.2 Å². The van der Waals surface area contributed by atoms with E-state index < -0.39 is 10.0 Å². The van der Waals surface area contributed by atoms with E-state index in [0.29, 0.717) is 34.2 Å². The lowest BCUT2D eigenvalue weighted by Gasteiger charge is -2.18. The second-order valence-electron chi connectivity index (χ2n) is 5.31. The van der Waals surface area contributed by atoms with Gasteiger partial charge in [0.15, 0.2) is 0 Å². The van der Waals surface area contributed by atoms with Crippen LogP contribution < -0.4 is 11.1 Å². The number of nitrogens with two attached hydrogens (primary N) is 1. The predicted octanol–water partition coefficient (Wildman–Crippen LogP) is 1.56. The van der Waals surface area contributed by atoms with Crippen LogP contribution in [0.25, 0.3) is 10.8 Å². The Morgan fingerprint density at radius 1 is 1.45 bits per heavy atom. The van der Waals surface area contributed by atoms with Gasteiger partial charge in [0.25, 0.3) is 0 Å².